The first-order chi connectivity index (χ1) is 11.2. The van der Waals surface area contributed by atoms with Crippen LogP contribution < -0.4 is 10.2 Å². The van der Waals surface area contributed by atoms with Crippen LogP contribution in [0.5, 0.6) is 0 Å². The van der Waals surface area contributed by atoms with Crippen molar-refractivity contribution >= 4 is 11.8 Å². The van der Waals surface area contributed by atoms with Gasteiger partial charge in [0.2, 0.25) is 5.95 Å². The average molecular weight is 315 g/mol. The summed E-state index contributed by atoms with van der Waals surface area (Å²) in [4.78, 5) is 11.7. The van der Waals surface area contributed by atoms with Crippen molar-refractivity contribution in [3.8, 4) is 0 Å². The SMILES string of the molecule is CCc1cc(NC(C)c2nncn2C)nc(N2CCCCC2)n1. The number of nitrogens with one attached hydrogen (secondary N) is 1. The molecule has 1 fully saturated rings. The largest absolute Gasteiger partial charge is 0.360 e. The Labute approximate surface area is 137 Å². The van der Waals surface area contributed by atoms with Gasteiger partial charge in [0.25, 0.3) is 0 Å². The van der Waals surface area contributed by atoms with E-state index in [0.29, 0.717) is 0 Å². The minimum atomic E-state index is 0.0383. The van der Waals surface area contributed by atoms with Crippen LogP contribution in [-0.2, 0) is 13.5 Å². The fraction of sp³-hybridized carbons (Fsp3) is 0.625. The molecule has 7 nitrogen and oxygen atoms in total. The Kier molecular flexibility index (Phi) is 4.73. The van der Waals surface area contributed by atoms with Crippen LogP contribution in [0.1, 0.15) is 50.7 Å². The molecule has 0 amide bonds. The molecule has 7 heteroatoms. The molecule has 1 aliphatic rings. The quantitative estimate of drug-likeness (QED) is 0.913. The van der Waals surface area contributed by atoms with E-state index in [1.165, 1.54) is 19.3 Å². The molecular formula is C16H25N7. The maximum atomic E-state index is 4.73. The lowest BCUT2D eigenvalue weighted by Crippen LogP contribution is -2.31. The molecule has 0 aliphatic carbocycles. The van der Waals surface area contributed by atoms with Crippen LogP contribution in [0.15, 0.2) is 12.4 Å². The summed E-state index contributed by atoms with van der Waals surface area (Å²) in [6.07, 6.45) is 6.36. The van der Waals surface area contributed by atoms with Gasteiger partial charge in [0, 0.05) is 31.9 Å². The molecule has 0 bridgehead atoms. The summed E-state index contributed by atoms with van der Waals surface area (Å²) in [5, 5.41) is 11.5. The van der Waals surface area contributed by atoms with Crippen LogP contribution in [-0.4, -0.2) is 37.8 Å². The summed E-state index contributed by atoms with van der Waals surface area (Å²) in [5.74, 6) is 2.59. The molecule has 1 atom stereocenters. The summed E-state index contributed by atoms with van der Waals surface area (Å²) < 4.78 is 1.92. The molecule has 3 rings (SSSR count). The molecule has 1 aliphatic heterocycles. The van der Waals surface area contributed by atoms with Crippen molar-refractivity contribution in [2.75, 3.05) is 23.3 Å². The third kappa shape index (κ3) is 3.60. The van der Waals surface area contributed by atoms with Crippen molar-refractivity contribution in [1.82, 2.24) is 24.7 Å². The topological polar surface area (TPSA) is 71.8 Å². The standard InChI is InChI=1S/C16H25N7/c1-4-13-10-14(18-12(2)15-21-17-11-22(15)3)20-16(19-13)23-8-6-5-7-9-23/h10-12H,4-9H2,1-3H3,(H,18,19,20). The molecule has 1 saturated heterocycles. The first-order valence-electron chi connectivity index (χ1n) is 8.40. The molecule has 0 aromatic carbocycles. The summed E-state index contributed by atoms with van der Waals surface area (Å²) in [6, 6.07) is 2.07. The highest BCUT2D eigenvalue weighted by atomic mass is 15.3. The molecule has 0 spiro atoms. The number of nitrogens with zero attached hydrogens (tertiary/aromatic N) is 6. The highest BCUT2D eigenvalue weighted by Crippen LogP contribution is 2.21. The fourth-order valence-electron chi connectivity index (χ4n) is 2.94. The third-order valence-electron chi connectivity index (χ3n) is 4.27. The van der Waals surface area contributed by atoms with Crippen molar-refractivity contribution in [1.29, 1.82) is 0 Å². The minimum Gasteiger partial charge on any atom is -0.360 e. The van der Waals surface area contributed by atoms with Gasteiger partial charge in [-0.25, -0.2) is 4.98 Å². The zero-order valence-corrected chi connectivity index (χ0v) is 14.2. The molecule has 1 unspecified atom stereocenters. The van der Waals surface area contributed by atoms with E-state index < -0.39 is 0 Å². The normalized spacial score (nSPS) is 16.4. The van der Waals surface area contributed by atoms with Crippen molar-refractivity contribution < 1.29 is 0 Å². The number of aromatic nitrogens is 5. The summed E-state index contributed by atoms with van der Waals surface area (Å²) in [6.45, 7) is 6.29. The van der Waals surface area contributed by atoms with Gasteiger partial charge in [0.05, 0.1) is 6.04 Å². The number of rotatable bonds is 5. The maximum Gasteiger partial charge on any atom is 0.227 e. The van der Waals surface area contributed by atoms with E-state index in [4.69, 9.17) is 9.97 Å². The second-order valence-electron chi connectivity index (χ2n) is 6.11. The van der Waals surface area contributed by atoms with Gasteiger partial charge in [-0.1, -0.05) is 6.92 Å². The lowest BCUT2D eigenvalue weighted by Gasteiger charge is -2.27. The van der Waals surface area contributed by atoms with Crippen molar-refractivity contribution in [3.63, 3.8) is 0 Å². The number of hydrogen-bond acceptors (Lipinski definition) is 6. The van der Waals surface area contributed by atoms with Gasteiger partial charge in [-0.15, -0.1) is 10.2 Å². The Balaban J connectivity index is 1.82. The van der Waals surface area contributed by atoms with Crippen molar-refractivity contribution in [2.24, 2.45) is 7.05 Å². The minimum absolute atomic E-state index is 0.0383. The first-order valence-corrected chi connectivity index (χ1v) is 8.40. The van der Waals surface area contributed by atoms with E-state index >= 15 is 0 Å². The molecular weight excluding hydrogens is 290 g/mol. The summed E-state index contributed by atoms with van der Waals surface area (Å²) in [7, 11) is 1.95. The van der Waals surface area contributed by atoms with Gasteiger partial charge < -0.3 is 14.8 Å². The Morgan fingerprint density at radius 1 is 1.22 bits per heavy atom. The Bertz CT molecular complexity index is 646. The highest BCUT2D eigenvalue weighted by molar-refractivity contribution is 5.45. The van der Waals surface area contributed by atoms with E-state index in [1.807, 2.05) is 17.7 Å². The molecule has 1 N–H and O–H groups in total. The van der Waals surface area contributed by atoms with Gasteiger partial charge in [-0.3, -0.25) is 0 Å². The Morgan fingerprint density at radius 2 is 2.00 bits per heavy atom. The lowest BCUT2D eigenvalue weighted by atomic mass is 10.1. The van der Waals surface area contributed by atoms with Gasteiger partial charge in [0.15, 0.2) is 5.82 Å². The maximum absolute atomic E-state index is 4.73. The highest BCUT2D eigenvalue weighted by Gasteiger charge is 2.17. The zero-order chi connectivity index (χ0) is 16.2. The van der Waals surface area contributed by atoms with E-state index in [1.54, 1.807) is 6.33 Å². The monoisotopic (exact) mass is 315 g/mol. The van der Waals surface area contributed by atoms with Gasteiger partial charge in [-0.05, 0) is 32.6 Å². The molecule has 3 heterocycles. The van der Waals surface area contributed by atoms with E-state index in [2.05, 4.69) is 34.3 Å². The second kappa shape index (κ2) is 6.93. The van der Waals surface area contributed by atoms with Crippen LogP contribution in [0.25, 0.3) is 0 Å². The number of aryl methyl sites for hydroxylation is 2. The van der Waals surface area contributed by atoms with Crippen LogP contribution in [0.2, 0.25) is 0 Å². The zero-order valence-electron chi connectivity index (χ0n) is 14.2. The van der Waals surface area contributed by atoms with E-state index in [0.717, 1.165) is 42.8 Å². The van der Waals surface area contributed by atoms with Crippen LogP contribution in [0.3, 0.4) is 0 Å². The van der Waals surface area contributed by atoms with Crippen LogP contribution in [0, 0.1) is 0 Å². The number of hydrogen-bond donors (Lipinski definition) is 1. The predicted molar refractivity (Wildman–Crippen MR) is 90.5 cm³/mol. The van der Waals surface area contributed by atoms with E-state index in [-0.39, 0.29) is 6.04 Å². The third-order valence-corrected chi connectivity index (χ3v) is 4.27. The molecule has 2 aromatic rings. The Hall–Kier alpha value is -2.18. The molecule has 2 aromatic heterocycles. The second-order valence-corrected chi connectivity index (χ2v) is 6.11. The smallest absolute Gasteiger partial charge is 0.227 e. The van der Waals surface area contributed by atoms with Gasteiger partial charge in [-0.2, -0.15) is 4.98 Å². The molecule has 124 valence electrons. The molecule has 0 radical (unpaired) electrons. The fourth-order valence-corrected chi connectivity index (χ4v) is 2.94. The molecule has 23 heavy (non-hydrogen) atoms. The summed E-state index contributed by atoms with van der Waals surface area (Å²) in [5.41, 5.74) is 1.06. The number of anilines is 2. The molecule has 0 saturated carbocycles. The Morgan fingerprint density at radius 3 is 2.65 bits per heavy atom. The average Bonchev–Trinajstić information content (AvgIpc) is 3.01. The van der Waals surface area contributed by atoms with Crippen molar-refractivity contribution in [3.05, 3.63) is 23.9 Å². The lowest BCUT2D eigenvalue weighted by molar-refractivity contribution is 0.567. The predicted octanol–water partition coefficient (Wildman–Crippen LogP) is 2.33. The van der Waals surface area contributed by atoms with Crippen molar-refractivity contribution in [2.45, 2.75) is 45.6 Å². The van der Waals surface area contributed by atoms with Crippen LogP contribution >= 0.6 is 0 Å². The number of piperidine rings is 1. The van der Waals surface area contributed by atoms with Crippen LogP contribution in [0.4, 0.5) is 11.8 Å². The van der Waals surface area contributed by atoms with E-state index in [9.17, 15) is 0 Å². The van der Waals surface area contributed by atoms with Gasteiger partial charge in [0.1, 0.15) is 12.1 Å². The summed E-state index contributed by atoms with van der Waals surface area (Å²) >= 11 is 0. The van der Waals surface area contributed by atoms with Gasteiger partial charge >= 0.3 is 0 Å². The first kappa shape index (κ1) is 15.7.